The van der Waals surface area contributed by atoms with E-state index in [1.807, 2.05) is 11.8 Å². The number of piperidine rings is 1. The molecule has 130 valence electrons. The molecule has 3 rings (SSSR count). The minimum atomic E-state index is -0.466. The van der Waals surface area contributed by atoms with Gasteiger partial charge in [0, 0.05) is 26.7 Å². The molecule has 8 nitrogen and oxygen atoms in total. The summed E-state index contributed by atoms with van der Waals surface area (Å²) in [4.78, 5) is 43.2. The molecule has 1 aliphatic rings. The van der Waals surface area contributed by atoms with Crippen molar-refractivity contribution in [3.8, 4) is 0 Å². The van der Waals surface area contributed by atoms with E-state index in [2.05, 4.69) is 20.9 Å². The van der Waals surface area contributed by atoms with Crippen molar-refractivity contribution in [1.29, 1.82) is 0 Å². The van der Waals surface area contributed by atoms with Crippen molar-refractivity contribution in [3.05, 3.63) is 25.6 Å². The van der Waals surface area contributed by atoms with Crippen LogP contribution >= 0.6 is 15.9 Å². The van der Waals surface area contributed by atoms with Gasteiger partial charge in [-0.25, -0.2) is 9.78 Å². The molecule has 0 spiro atoms. The van der Waals surface area contributed by atoms with Crippen LogP contribution in [0.5, 0.6) is 0 Å². The third-order valence-corrected chi connectivity index (χ3v) is 5.32. The highest BCUT2D eigenvalue weighted by atomic mass is 79.9. The molecule has 0 aliphatic carbocycles. The summed E-state index contributed by atoms with van der Waals surface area (Å²) in [5.41, 5.74) is -0.384. The number of aromatic nitrogens is 4. The van der Waals surface area contributed by atoms with Gasteiger partial charge in [-0.3, -0.25) is 23.3 Å². The smallest absolute Gasteiger partial charge is 0.332 e. The van der Waals surface area contributed by atoms with Crippen LogP contribution in [0.1, 0.15) is 26.2 Å². The molecule has 1 aliphatic heterocycles. The van der Waals surface area contributed by atoms with Crippen LogP contribution in [0.4, 0.5) is 0 Å². The van der Waals surface area contributed by atoms with E-state index in [-0.39, 0.29) is 24.0 Å². The molecule has 9 heteroatoms. The van der Waals surface area contributed by atoms with E-state index in [1.165, 1.54) is 11.6 Å². The standard InChI is InChI=1S/C15H20BrN5O3/c1-9-6-4-5-7-20(9)10(22)8-21-12-11(17-14(21)16)13(23)19(3)15(24)18(12)2/h9H,4-8H2,1-3H3. The van der Waals surface area contributed by atoms with Gasteiger partial charge in [0.2, 0.25) is 5.91 Å². The normalized spacial score (nSPS) is 18.3. The molecule has 0 N–H and O–H groups in total. The highest BCUT2D eigenvalue weighted by molar-refractivity contribution is 9.10. The Balaban J connectivity index is 2.07. The summed E-state index contributed by atoms with van der Waals surface area (Å²) < 4.78 is 4.32. The Kier molecular flexibility index (Phi) is 4.37. The lowest BCUT2D eigenvalue weighted by molar-refractivity contribution is -0.135. The molecular formula is C15H20BrN5O3. The zero-order chi connectivity index (χ0) is 17.6. The van der Waals surface area contributed by atoms with Crippen LogP contribution in [0, 0.1) is 0 Å². The number of amides is 1. The predicted octanol–water partition coefficient (Wildman–Crippen LogP) is 0.597. The summed E-state index contributed by atoms with van der Waals surface area (Å²) in [5, 5.41) is 0. The SMILES string of the molecule is CC1CCCCN1C(=O)Cn1c(Br)nc2c(=O)n(C)c(=O)n(C)c21. The Bertz CT molecular complexity index is 926. The number of halogens is 1. The van der Waals surface area contributed by atoms with E-state index in [0.29, 0.717) is 10.4 Å². The fourth-order valence-electron chi connectivity index (χ4n) is 3.30. The van der Waals surface area contributed by atoms with Crippen LogP contribution in [-0.4, -0.2) is 42.1 Å². The predicted molar refractivity (Wildman–Crippen MR) is 92.9 cm³/mol. The monoisotopic (exact) mass is 397 g/mol. The van der Waals surface area contributed by atoms with Crippen molar-refractivity contribution in [1.82, 2.24) is 23.6 Å². The van der Waals surface area contributed by atoms with Crippen molar-refractivity contribution in [2.75, 3.05) is 6.54 Å². The second-order valence-corrected chi connectivity index (χ2v) is 6.99. The first-order valence-corrected chi connectivity index (χ1v) is 8.73. The van der Waals surface area contributed by atoms with E-state index in [4.69, 9.17) is 0 Å². The average Bonchev–Trinajstić information content (AvgIpc) is 2.88. The quantitative estimate of drug-likeness (QED) is 0.694. The van der Waals surface area contributed by atoms with Gasteiger partial charge in [-0.15, -0.1) is 0 Å². The number of aryl methyl sites for hydroxylation is 1. The van der Waals surface area contributed by atoms with Gasteiger partial charge in [0.05, 0.1) is 0 Å². The van der Waals surface area contributed by atoms with E-state index in [0.717, 1.165) is 30.4 Å². The molecule has 0 aromatic carbocycles. The van der Waals surface area contributed by atoms with Crippen molar-refractivity contribution >= 4 is 33.0 Å². The van der Waals surface area contributed by atoms with Gasteiger partial charge in [-0.2, -0.15) is 0 Å². The molecule has 3 heterocycles. The first-order valence-electron chi connectivity index (χ1n) is 7.94. The summed E-state index contributed by atoms with van der Waals surface area (Å²) in [6, 6.07) is 0.205. The molecule has 1 unspecified atom stereocenters. The minimum absolute atomic E-state index is 0.0321. The highest BCUT2D eigenvalue weighted by Crippen LogP contribution is 2.20. The maximum Gasteiger partial charge on any atom is 0.332 e. The molecule has 24 heavy (non-hydrogen) atoms. The Morgan fingerprint density at radius 1 is 1.25 bits per heavy atom. The molecule has 0 saturated carbocycles. The number of carbonyl (C=O) groups excluding carboxylic acids is 1. The lowest BCUT2D eigenvalue weighted by atomic mass is 10.0. The van der Waals surface area contributed by atoms with E-state index in [1.54, 1.807) is 11.6 Å². The summed E-state index contributed by atoms with van der Waals surface area (Å²) >= 11 is 3.31. The molecular weight excluding hydrogens is 378 g/mol. The lowest BCUT2D eigenvalue weighted by Crippen LogP contribution is -2.44. The molecule has 1 amide bonds. The van der Waals surface area contributed by atoms with Gasteiger partial charge in [0.1, 0.15) is 6.54 Å². The second-order valence-electron chi connectivity index (χ2n) is 6.28. The first kappa shape index (κ1) is 16.9. The molecule has 2 aromatic heterocycles. The summed E-state index contributed by atoms with van der Waals surface area (Å²) in [7, 11) is 2.99. The third kappa shape index (κ3) is 2.60. The number of hydrogen-bond donors (Lipinski definition) is 0. The maximum absolute atomic E-state index is 12.7. The van der Waals surface area contributed by atoms with Crippen LogP contribution in [-0.2, 0) is 25.4 Å². The second kappa shape index (κ2) is 6.19. The molecule has 1 saturated heterocycles. The topological polar surface area (TPSA) is 82.1 Å². The molecule has 0 bridgehead atoms. The Hall–Kier alpha value is -1.90. The van der Waals surface area contributed by atoms with Crippen LogP contribution in [0.25, 0.3) is 11.2 Å². The van der Waals surface area contributed by atoms with E-state index in [9.17, 15) is 14.4 Å². The number of likely N-dealkylation sites (tertiary alicyclic amines) is 1. The van der Waals surface area contributed by atoms with Gasteiger partial charge in [0.15, 0.2) is 15.9 Å². The fourth-order valence-corrected chi connectivity index (χ4v) is 3.77. The van der Waals surface area contributed by atoms with Gasteiger partial charge in [0.25, 0.3) is 5.56 Å². The Morgan fingerprint density at radius 2 is 1.96 bits per heavy atom. The molecule has 0 radical (unpaired) electrons. The first-order chi connectivity index (χ1) is 11.3. The van der Waals surface area contributed by atoms with Crippen LogP contribution < -0.4 is 11.2 Å². The number of rotatable bonds is 2. The van der Waals surface area contributed by atoms with Crippen molar-refractivity contribution in [2.45, 2.75) is 38.8 Å². The average molecular weight is 398 g/mol. The van der Waals surface area contributed by atoms with Crippen LogP contribution in [0.15, 0.2) is 14.3 Å². The van der Waals surface area contributed by atoms with Crippen LogP contribution in [0.2, 0.25) is 0 Å². The van der Waals surface area contributed by atoms with E-state index >= 15 is 0 Å². The summed E-state index contributed by atoms with van der Waals surface area (Å²) in [6.07, 6.45) is 3.13. The zero-order valence-corrected chi connectivity index (χ0v) is 15.5. The maximum atomic E-state index is 12.7. The number of hydrogen-bond acceptors (Lipinski definition) is 4. The fraction of sp³-hybridized carbons (Fsp3) is 0.600. The molecule has 1 atom stereocenters. The number of carbonyl (C=O) groups is 1. The third-order valence-electron chi connectivity index (χ3n) is 4.71. The number of imidazole rings is 1. The van der Waals surface area contributed by atoms with Gasteiger partial charge >= 0.3 is 5.69 Å². The number of fused-ring (bicyclic) bond motifs is 1. The zero-order valence-electron chi connectivity index (χ0n) is 14.0. The lowest BCUT2D eigenvalue weighted by Gasteiger charge is -2.33. The minimum Gasteiger partial charge on any atom is -0.338 e. The Morgan fingerprint density at radius 3 is 2.62 bits per heavy atom. The Labute approximate surface area is 146 Å². The summed E-state index contributed by atoms with van der Waals surface area (Å²) in [5.74, 6) is -0.0321. The van der Waals surface area contributed by atoms with Crippen molar-refractivity contribution in [3.63, 3.8) is 0 Å². The molecule has 1 fully saturated rings. The van der Waals surface area contributed by atoms with Gasteiger partial charge in [-0.05, 0) is 42.1 Å². The summed E-state index contributed by atoms with van der Waals surface area (Å²) in [6.45, 7) is 2.83. The van der Waals surface area contributed by atoms with E-state index < -0.39 is 11.2 Å². The van der Waals surface area contributed by atoms with Gasteiger partial charge in [-0.1, -0.05) is 0 Å². The van der Waals surface area contributed by atoms with Crippen LogP contribution in [0.3, 0.4) is 0 Å². The largest absolute Gasteiger partial charge is 0.338 e. The number of nitrogens with zero attached hydrogens (tertiary/aromatic N) is 5. The van der Waals surface area contributed by atoms with Crippen molar-refractivity contribution < 1.29 is 4.79 Å². The highest BCUT2D eigenvalue weighted by Gasteiger charge is 2.25. The molecule has 2 aromatic rings. The van der Waals surface area contributed by atoms with Gasteiger partial charge < -0.3 is 4.90 Å². The van der Waals surface area contributed by atoms with Crippen molar-refractivity contribution in [2.24, 2.45) is 14.1 Å².